The average molecular weight is 304 g/mol. The summed E-state index contributed by atoms with van der Waals surface area (Å²) in [5, 5.41) is 0. The van der Waals surface area contributed by atoms with Crippen LogP contribution in [0.2, 0.25) is 0 Å². The molecule has 112 valence electrons. The van der Waals surface area contributed by atoms with Crippen molar-refractivity contribution in [1.82, 2.24) is 9.62 Å². The van der Waals surface area contributed by atoms with Crippen LogP contribution < -0.4 is 4.72 Å². The molecule has 0 spiro atoms. The van der Waals surface area contributed by atoms with E-state index in [0.717, 1.165) is 12.3 Å². The summed E-state index contributed by atoms with van der Waals surface area (Å²) in [7, 11) is -3.18. The van der Waals surface area contributed by atoms with E-state index in [2.05, 4.69) is 9.62 Å². The monoisotopic (exact) mass is 304 g/mol. The van der Waals surface area contributed by atoms with Crippen LogP contribution in [-0.4, -0.2) is 38.7 Å². The first kappa shape index (κ1) is 15.3. The van der Waals surface area contributed by atoms with Crippen molar-refractivity contribution in [3.8, 4) is 0 Å². The molecule has 1 aromatic rings. The Balaban J connectivity index is 1.88. The van der Waals surface area contributed by atoms with Gasteiger partial charge in [-0.1, -0.05) is 0 Å². The van der Waals surface area contributed by atoms with Gasteiger partial charge in [-0.3, -0.25) is 4.90 Å². The molecule has 0 saturated carbocycles. The van der Waals surface area contributed by atoms with Crippen molar-refractivity contribution in [3.63, 3.8) is 0 Å². The third-order valence-electron chi connectivity index (χ3n) is 3.30. The van der Waals surface area contributed by atoms with Gasteiger partial charge in [0.2, 0.25) is 10.0 Å². The Bertz CT molecular complexity index is 549. The van der Waals surface area contributed by atoms with Gasteiger partial charge in [-0.2, -0.15) is 0 Å². The SMILES string of the molecule is CS(=O)(=O)NC1CCN(Cc2cc(F)cc(F)c2)CC1. The van der Waals surface area contributed by atoms with Gasteiger partial charge in [-0.25, -0.2) is 21.9 Å². The second kappa shape index (κ2) is 6.15. The molecule has 1 aliphatic rings. The summed E-state index contributed by atoms with van der Waals surface area (Å²) in [5.41, 5.74) is 0.594. The fraction of sp³-hybridized carbons (Fsp3) is 0.538. The predicted octanol–water partition coefficient (Wildman–Crippen LogP) is 1.48. The van der Waals surface area contributed by atoms with Gasteiger partial charge in [0, 0.05) is 31.7 Å². The minimum absolute atomic E-state index is 0.0505. The quantitative estimate of drug-likeness (QED) is 0.916. The molecule has 1 aliphatic heterocycles. The number of rotatable bonds is 4. The maximum Gasteiger partial charge on any atom is 0.208 e. The second-order valence-corrected chi connectivity index (χ2v) is 7.00. The average Bonchev–Trinajstić information content (AvgIpc) is 2.28. The molecule has 1 aromatic carbocycles. The van der Waals surface area contributed by atoms with Gasteiger partial charge in [0.1, 0.15) is 11.6 Å². The van der Waals surface area contributed by atoms with Crippen LogP contribution >= 0.6 is 0 Å². The Hall–Kier alpha value is -1.05. The van der Waals surface area contributed by atoms with E-state index in [1.54, 1.807) is 0 Å². The van der Waals surface area contributed by atoms with Crippen LogP contribution in [0.25, 0.3) is 0 Å². The lowest BCUT2D eigenvalue weighted by Crippen LogP contribution is -2.43. The van der Waals surface area contributed by atoms with Crippen molar-refractivity contribution in [3.05, 3.63) is 35.4 Å². The number of halogens is 2. The molecule has 20 heavy (non-hydrogen) atoms. The highest BCUT2D eigenvalue weighted by atomic mass is 32.2. The normalized spacial score (nSPS) is 18.4. The van der Waals surface area contributed by atoms with Crippen LogP contribution in [0.4, 0.5) is 8.78 Å². The van der Waals surface area contributed by atoms with Gasteiger partial charge in [-0.15, -0.1) is 0 Å². The number of piperidine rings is 1. The number of nitrogens with zero attached hydrogens (tertiary/aromatic N) is 1. The lowest BCUT2D eigenvalue weighted by Gasteiger charge is -2.31. The summed E-state index contributed by atoms with van der Waals surface area (Å²) < 4.78 is 51.1. The summed E-state index contributed by atoms with van der Waals surface area (Å²) in [5.74, 6) is -1.15. The fourth-order valence-electron chi connectivity index (χ4n) is 2.47. The Morgan fingerprint density at radius 2 is 1.75 bits per heavy atom. The Morgan fingerprint density at radius 3 is 2.25 bits per heavy atom. The van der Waals surface area contributed by atoms with Gasteiger partial charge >= 0.3 is 0 Å². The summed E-state index contributed by atoms with van der Waals surface area (Å²) in [6.45, 7) is 1.87. The highest BCUT2D eigenvalue weighted by Crippen LogP contribution is 2.16. The van der Waals surface area contributed by atoms with E-state index in [1.165, 1.54) is 12.1 Å². The standard InChI is InChI=1S/C13H18F2N2O2S/c1-20(18,19)16-13-2-4-17(5-3-13)9-10-6-11(14)8-12(15)7-10/h6-8,13,16H,2-5,9H2,1H3. The molecule has 0 unspecified atom stereocenters. The molecule has 0 bridgehead atoms. The number of sulfonamides is 1. The molecule has 0 amide bonds. The number of hydrogen-bond donors (Lipinski definition) is 1. The molecule has 1 N–H and O–H groups in total. The molecule has 1 fully saturated rings. The predicted molar refractivity (Wildman–Crippen MR) is 72.6 cm³/mol. The smallest absolute Gasteiger partial charge is 0.208 e. The number of nitrogens with one attached hydrogen (secondary N) is 1. The molecule has 0 radical (unpaired) electrons. The summed E-state index contributed by atoms with van der Waals surface area (Å²) in [4.78, 5) is 2.06. The molecule has 0 aromatic heterocycles. The third-order valence-corrected chi connectivity index (χ3v) is 4.06. The van der Waals surface area contributed by atoms with Crippen molar-refractivity contribution < 1.29 is 17.2 Å². The van der Waals surface area contributed by atoms with Gasteiger partial charge in [-0.05, 0) is 30.5 Å². The lowest BCUT2D eigenvalue weighted by molar-refractivity contribution is 0.199. The van der Waals surface area contributed by atoms with Gasteiger partial charge in [0.15, 0.2) is 0 Å². The fourth-order valence-corrected chi connectivity index (χ4v) is 3.31. The topological polar surface area (TPSA) is 49.4 Å². The Kier molecular flexibility index (Phi) is 4.72. The van der Waals surface area contributed by atoms with E-state index in [-0.39, 0.29) is 6.04 Å². The van der Waals surface area contributed by atoms with Gasteiger partial charge in [0.05, 0.1) is 6.26 Å². The summed E-state index contributed by atoms with van der Waals surface area (Å²) in [6, 6.07) is 3.45. The highest BCUT2D eigenvalue weighted by Gasteiger charge is 2.21. The van der Waals surface area contributed by atoms with E-state index in [4.69, 9.17) is 0 Å². The first-order valence-corrected chi connectivity index (χ1v) is 8.35. The number of likely N-dealkylation sites (tertiary alicyclic amines) is 1. The van der Waals surface area contributed by atoms with Crippen LogP contribution in [0.1, 0.15) is 18.4 Å². The molecular formula is C13H18F2N2O2S. The maximum atomic E-state index is 13.1. The molecule has 0 atom stereocenters. The molecule has 4 nitrogen and oxygen atoms in total. The first-order chi connectivity index (χ1) is 9.32. The minimum atomic E-state index is -3.18. The largest absolute Gasteiger partial charge is 0.299 e. The first-order valence-electron chi connectivity index (χ1n) is 6.46. The Morgan fingerprint density at radius 1 is 1.20 bits per heavy atom. The van der Waals surface area contributed by atoms with Crippen molar-refractivity contribution in [2.45, 2.75) is 25.4 Å². The zero-order chi connectivity index (χ0) is 14.8. The molecule has 7 heteroatoms. The Labute approximate surface area is 117 Å². The number of benzene rings is 1. The zero-order valence-corrected chi connectivity index (χ0v) is 12.1. The van der Waals surface area contributed by atoms with Crippen LogP contribution in [-0.2, 0) is 16.6 Å². The van der Waals surface area contributed by atoms with Crippen molar-refractivity contribution in [1.29, 1.82) is 0 Å². The van der Waals surface area contributed by atoms with Crippen LogP contribution in [0.5, 0.6) is 0 Å². The van der Waals surface area contributed by atoms with E-state index in [1.807, 2.05) is 0 Å². The highest BCUT2D eigenvalue weighted by molar-refractivity contribution is 7.88. The minimum Gasteiger partial charge on any atom is -0.299 e. The molecule has 2 rings (SSSR count). The van der Waals surface area contributed by atoms with Crippen molar-refractivity contribution in [2.24, 2.45) is 0 Å². The van der Waals surface area contributed by atoms with E-state index in [0.29, 0.717) is 38.0 Å². The van der Waals surface area contributed by atoms with E-state index < -0.39 is 21.7 Å². The third kappa shape index (κ3) is 4.81. The van der Waals surface area contributed by atoms with E-state index in [9.17, 15) is 17.2 Å². The second-order valence-electron chi connectivity index (χ2n) is 5.22. The van der Waals surface area contributed by atoms with Crippen LogP contribution in [0.15, 0.2) is 18.2 Å². The molecule has 1 heterocycles. The molecule has 0 aliphatic carbocycles. The van der Waals surface area contributed by atoms with Gasteiger partial charge in [0.25, 0.3) is 0 Å². The molecule has 1 saturated heterocycles. The van der Waals surface area contributed by atoms with Crippen molar-refractivity contribution in [2.75, 3.05) is 19.3 Å². The molecular weight excluding hydrogens is 286 g/mol. The van der Waals surface area contributed by atoms with Crippen LogP contribution in [0, 0.1) is 11.6 Å². The summed E-state index contributed by atoms with van der Waals surface area (Å²) in [6.07, 6.45) is 2.55. The van der Waals surface area contributed by atoms with E-state index >= 15 is 0 Å². The van der Waals surface area contributed by atoms with Gasteiger partial charge < -0.3 is 0 Å². The summed E-state index contributed by atoms with van der Waals surface area (Å²) >= 11 is 0. The zero-order valence-electron chi connectivity index (χ0n) is 11.3. The lowest BCUT2D eigenvalue weighted by atomic mass is 10.1. The number of hydrogen-bond acceptors (Lipinski definition) is 3. The maximum absolute atomic E-state index is 13.1. The van der Waals surface area contributed by atoms with Crippen molar-refractivity contribution >= 4 is 10.0 Å². The van der Waals surface area contributed by atoms with Crippen LogP contribution in [0.3, 0.4) is 0 Å².